The molecule has 0 aromatic heterocycles. The molecule has 0 saturated heterocycles. The topological polar surface area (TPSA) is 91.8 Å². The van der Waals surface area contributed by atoms with Gasteiger partial charge in [-0.25, -0.2) is 13.2 Å². The van der Waals surface area contributed by atoms with Gasteiger partial charge in [-0.3, -0.25) is 9.10 Å². The number of carboxylic acids is 1. The molecule has 0 amide bonds. The number of carbonyl (C=O) groups is 2. The highest BCUT2D eigenvalue weighted by atomic mass is 32.2. The van der Waals surface area contributed by atoms with Gasteiger partial charge in [0.15, 0.2) is 5.78 Å². The first kappa shape index (κ1) is 22.5. The molecule has 2 bridgehead atoms. The molecule has 2 fully saturated rings. The first-order chi connectivity index (χ1) is 15.0. The van der Waals surface area contributed by atoms with E-state index in [1.165, 1.54) is 10.6 Å². The van der Waals surface area contributed by atoms with Gasteiger partial charge in [0.2, 0.25) is 10.0 Å². The molecule has 0 radical (unpaired) electrons. The number of hydrogen-bond acceptors (Lipinski definition) is 4. The third-order valence-electron chi connectivity index (χ3n) is 7.53. The zero-order chi connectivity index (χ0) is 23.3. The van der Waals surface area contributed by atoms with E-state index in [0.717, 1.165) is 17.5 Å². The molecule has 2 aliphatic rings. The van der Waals surface area contributed by atoms with Gasteiger partial charge < -0.3 is 5.11 Å². The number of nitrogens with zero attached hydrogens (tertiary/aromatic N) is 1. The Balaban J connectivity index is 1.67. The number of rotatable bonds is 7. The fraction of sp³-hybridized carbons (Fsp3) is 0.440. The van der Waals surface area contributed by atoms with Crippen molar-refractivity contribution < 1.29 is 23.1 Å². The van der Waals surface area contributed by atoms with Crippen LogP contribution in [0.3, 0.4) is 0 Å². The van der Waals surface area contributed by atoms with Gasteiger partial charge in [-0.05, 0) is 72.4 Å². The summed E-state index contributed by atoms with van der Waals surface area (Å²) in [6.45, 7) is 4.04. The lowest BCUT2D eigenvalue weighted by Crippen LogP contribution is -2.60. The molecule has 2 aliphatic carbocycles. The average Bonchev–Trinajstić information content (AvgIpc) is 3.07. The minimum absolute atomic E-state index is 0.0139. The maximum atomic E-state index is 13.2. The summed E-state index contributed by atoms with van der Waals surface area (Å²) in [5.74, 6) is -0.750. The van der Waals surface area contributed by atoms with Gasteiger partial charge in [-0.15, -0.1) is 0 Å². The van der Waals surface area contributed by atoms with Crippen LogP contribution in [0.2, 0.25) is 0 Å². The van der Waals surface area contributed by atoms with Gasteiger partial charge in [0, 0.05) is 6.42 Å². The number of carbonyl (C=O) groups excluding carboxylic acids is 1. The predicted octanol–water partition coefficient (Wildman–Crippen LogP) is 4.08. The van der Waals surface area contributed by atoms with Crippen LogP contribution < -0.4 is 4.31 Å². The number of sulfonamides is 1. The van der Waals surface area contributed by atoms with Gasteiger partial charge in [0.25, 0.3) is 0 Å². The van der Waals surface area contributed by atoms with Crippen LogP contribution in [0.15, 0.2) is 48.5 Å². The second-order valence-electron chi connectivity index (χ2n) is 9.65. The maximum absolute atomic E-state index is 13.2. The van der Waals surface area contributed by atoms with E-state index >= 15 is 0 Å². The van der Waals surface area contributed by atoms with Crippen molar-refractivity contribution in [2.75, 3.05) is 10.6 Å². The minimum Gasteiger partial charge on any atom is -0.478 e. The Morgan fingerprint density at radius 1 is 1.09 bits per heavy atom. The molecule has 2 saturated carbocycles. The van der Waals surface area contributed by atoms with Crippen molar-refractivity contribution in [2.45, 2.75) is 51.5 Å². The lowest BCUT2D eigenvalue weighted by molar-refractivity contribution is -0.123. The Labute approximate surface area is 189 Å². The largest absolute Gasteiger partial charge is 0.478 e. The number of ketones is 1. The van der Waals surface area contributed by atoms with Crippen LogP contribution in [0.25, 0.3) is 0 Å². The quantitative estimate of drug-likeness (QED) is 0.679. The van der Waals surface area contributed by atoms with Gasteiger partial charge in [0.05, 0.1) is 17.5 Å². The highest BCUT2D eigenvalue weighted by Crippen LogP contribution is 2.62. The third kappa shape index (κ3) is 3.52. The second-order valence-corrected chi connectivity index (χ2v) is 11.5. The smallest absolute Gasteiger partial charge is 0.335 e. The third-order valence-corrected chi connectivity index (χ3v) is 8.72. The first-order valence-electron chi connectivity index (χ1n) is 10.9. The van der Waals surface area contributed by atoms with Crippen LogP contribution in [0, 0.1) is 11.3 Å². The summed E-state index contributed by atoms with van der Waals surface area (Å²) in [7, 11) is -3.70. The van der Waals surface area contributed by atoms with Crippen LogP contribution in [0.5, 0.6) is 0 Å². The molecular formula is C25H29NO5S. The van der Waals surface area contributed by atoms with Gasteiger partial charge in [-0.1, -0.05) is 38.1 Å². The van der Waals surface area contributed by atoms with E-state index in [1.54, 1.807) is 24.3 Å². The van der Waals surface area contributed by atoms with Crippen LogP contribution in [-0.4, -0.2) is 37.1 Å². The van der Waals surface area contributed by atoms with E-state index in [0.29, 0.717) is 31.4 Å². The van der Waals surface area contributed by atoms with Crippen LogP contribution >= 0.6 is 0 Å². The Hall–Kier alpha value is -2.67. The summed E-state index contributed by atoms with van der Waals surface area (Å²) in [5.41, 5.74) is 1.13. The molecule has 7 heteroatoms. The van der Waals surface area contributed by atoms with E-state index in [4.69, 9.17) is 0 Å². The Morgan fingerprint density at radius 3 is 2.25 bits per heavy atom. The Morgan fingerprint density at radius 2 is 1.72 bits per heavy atom. The Bertz CT molecular complexity index is 1190. The normalized spacial score (nSPS) is 24.0. The zero-order valence-electron chi connectivity index (χ0n) is 18.7. The molecule has 4 rings (SSSR count). The van der Waals surface area contributed by atoms with Crippen molar-refractivity contribution in [1.82, 2.24) is 0 Å². The Kier molecular flexibility index (Phi) is 5.44. The fourth-order valence-electron chi connectivity index (χ4n) is 5.81. The summed E-state index contributed by atoms with van der Waals surface area (Å²) in [4.78, 5) is 24.4. The molecule has 6 nitrogen and oxygen atoms in total. The predicted molar refractivity (Wildman–Crippen MR) is 123 cm³/mol. The van der Waals surface area contributed by atoms with E-state index < -0.39 is 26.9 Å². The van der Waals surface area contributed by atoms with E-state index in [1.807, 2.05) is 38.1 Å². The van der Waals surface area contributed by atoms with Crippen molar-refractivity contribution in [3.8, 4) is 0 Å². The van der Waals surface area contributed by atoms with Gasteiger partial charge in [0.1, 0.15) is 5.54 Å². The van der Waals surface area contributed by atoms with Crippen molar-refractivity contribution in [1.29, 1.82) is 0 Å². The van der Waals surface area contributed by atoms with E-state index in [2.05, 4.69) is 0 Å². The van der Waals surface area contributed by atoms with E-state index in [-0.39, 0.29) is 17.3 Å². The van der Waals surface area contributed by atoms with Gasteiger partial charge >= 0.3 is 5.97 Å². The number of carboxylic acid groups (broad SMARTS) is 1. The highest BCUT2D eigenvalue weighted by molar-refractivity contribution is 7.92. The number of benzene rings is 2. The molecule has 170 valence electrons. The fourth-order valence-corrected chi connectivity index (χ4v) is 7.30. The SMILES string of the molecule is CC1(C)C2CCC1(N(c1cccc(CCc3cccc(C(=O)O)c3)c1)S(C)(=O)=O)C(=O)C2. The molecule has 32 heavy (non-hydrogen) atoms. The average molecular weight is 456 g/mol. The second kappa shape index (κ2) is 7.73. The lowest BCUT2D eigenvalue weighted by atomic mass is 9.75. The molecule has 0 heterocycles. The number of anilines is 1. The summed E-state index contributed by atoms with van der Waals surface area (Å²) in [6.07, 6.45) is 4.26. The molecular weight excluding hydrogens is 426 g/mol. The molecule has 0 spiro atoms. The molecule has 2 atom stereocenters. The minimum atomic E-state index is -3.70. The number of fused-ring (bicyclic) bond motifs is 2. The zero-order valence-corrected chi connectivity index (χ0v) is 19.5. The van der Waals surface area contributed by atoms with E-state index in [9.17, 15) is 23.1 Å². The van der Waals surface area contributed by atoms with Crippen molar-refractivity contribution in [2.24, 2.45) is 11.3 Å². The maximum Gasteiger partial charge on any atom is 0.335 e. The first-order valence-corrected chi connectivity index (χ1v) is 12.8. The van der Waals surface area contributed by atoms with Crippen LogP contribution in [0.1, 0.15) is 54.6 Å². The van der Waals surface area contributed by atoms with Crippen molar-refractivity contribution >= 4 is 27.5 Å². The molecule has 0 aliphatic heterocycles. The monoisotopic (exact) mass is 455 g/mol. The number of aryl methyl sites for hydroxylation is 2. The van der Waals surface area contributed by atoms with Crippen molar-refractivity contribution in [3.63, 3.8) is 0 Å². The number of Topliss-reactive ketones (excluding diaryl/α,β-unsaturated/α-hetero) is 1. The van der Waals surface area contributed by atoms with Crippen LogP contribution in [0.4, 0.5) is 5.69 Å². The van der Waals surface area contributed by atoms with Crippen molar-refractivity contribution in [3.05, 3.63) is 65.2 Å². The standard InChI is InChI=1S/C25H29NO5S/c1-24(2)20-12-13-25(24,22(27)16-20)26(32(3,30)31)21-9-5-7-18(15-21)11-10-17-6-4-8-19(14-17)23(28)29/h4-9,14-15,20H,10-13,16H2,1-3H3,(H,28,29). The molecule has 1 N–H and O–H groups in total. The molecule has 2 unspecified atom stereocenters. The number of hydrogen-bond donors (Lipinski definition) is 1. The van der Waals surface area contributed by atoms with Crippen LogP contribution in [-0.2, 0) is 27.7 Å². The number of aromatic carboxylic acids is 1. The molecule has 2 aromatic rings. The molecule has 2 aromatic carbocycles. The summed E-state index contributed by atoms with van der Waals surface area (Å²) < 4.78 is 27.5. The van der Waals surface area contributed by atoms with Gasteiger partial charge in [-0.2, -0.15) is 0 Å². The summed E-state index contributed by atoms with van der Waals surface area (Å²) in [5, 5.41) is 9.20. The highest BCUT2D eigenvalue weighted by Gasteiger charge is 2.68. The lowest BCUT2D eigenvalue weighted by Gasteiger charge is -2.45. The summed E-state index contributed by atoms with van der Waals surface area (Å²) in [6, 6.07) is 14.2. The summed E-state index contributed by atoms with van der Waals surface area (Å²) >= 11 is 0.